The molecule has 0 amide bonds. The minimum Gasteiger partial charge on any atom is -0.488 e. The van der Waals surface area contributed by atoms with Gasteiger partial charge in [-0.3, -0.25) is 4.79 Å². The van der Waals surface area contributed by atoms with Crippen LogP contribution < -0.4 is 4.74 Å². The molecule has 5 unspecified atom stereocenters. The van der Waals surface area contributed by atoms with Crippen LogP contribution in [0.5, 0.6) is 5.75 Å². The van der Waals surface area contributed by atoms with Gasteiger partial charge >= 0.3 is 5.97 Å². The molecule has 0 radical (unpaired) electrons. The second kappa shape index (κ2) is 5.70. The minimum atomic E-state index is -0.761. The maximum atomic E-state index is 12.9. The smallest absolute Gasteiger partial charge is 0.320 e. The number of benzene rings is 2. The highest BCUT2D eigenvalue weighted by Crippen LogP contribution is 2.69. The van der Waals surface area contributed by atoms with Gasteiger partial charge in [0.05, 0.1) is 13.2 Å². The van der Waals surface area contributed by atoms with Crippen molar-refractivity contribution in [3.05, 3.63) is 71.3 Å². The monoisotopic (exact) mass is 362 g/mol. The molecule has 0 bridgehead atoms. The fourth-order valence-electron chi connectivity index (χ4n) is 5.08. The topological polar surface area (TPSA) is 44.8 Å². The van der Waals surface area contributed by atoms with Crippen LogP contribution in [-0.4, -0.2) is 26.3 Å². The zero-order valence-electron chi connectivity index (χ0n) is 15.6. The third-order valence-corrected chi connectivity index (χ3v) is 6.40. The normalized spacial score (nSPS) is 33.8. The highest BCUT2D eigenvalue weighted by Gasteiger charge is 2.75. The molecule has 2 aromatic rings. The van der Waals surface area contributed by atoms with E-state index in [0.717, 1.165) is 22.4 Å². The number of methoxy groups -OCH3 is 2. The van der Waals surface area contributed by atoms with Gasteiger partial charge in [-0.2, -0.15) is 0 Å². The average Bonchev–Trinajstić information content (AvgIpc) is 3.01. The lowest BCUT2D eigenvalue weighted by atomic mass is 9.90. The van der Waals surface area contributed by atoms with Crippen molar-refractivity contribution >= 4 is 11.5 Å². The summed E-state index contributed by atoms with van der Waals surface area (Å²) in [5, 5.41) is 0. The number of fused-ring (bicyclic) bond motifs is 4. The molecule has 0 N–H and O–H groups in total. The van der Waals surface area contributed by atoms with Gasteiger partial charge in [-0.05, 0) is 22.8 Å². The predicted octanol–water partition coefficient (Wildman–Crippen LogP) is 4.13. The number of hydrogen-bond acceptors (Lipinski definition) is 4. The molecule has 138 valence electrons. The predicted molar refractivity (Wildman–Crippen MR) is 101 cm³/mol. The Bertz CT molecular complexity index is 962. The van der Waals surface area contributed by atoms with Crippen LogP contribution in [0.15, 0.2) is 54.6 Å². The van der Waals surface area contributed by atoms with Crippen molar-refractivity contribution in [1.29, 1.82) is 0 Å². The molecule has 4 nitrogen and oxygen atoms in total. The Balaban J connectivity index is 1.64. The number of para-hydroxylation sites is 1. The van der Waals surface area contributed by atoms with Crippen molar-refractivity contribution in [3.8, 4) is 5.75 Å². The number of rotatable bonds is 3. The minimum absolute atomic E-state index is 0.00561. The van der Waals surface area contributed by atoms with E-state index in [2.05, 4.69) is 25.1 Å². The van der Waals surface area contributed by atoms with Crippen molar-refractivity contribution in [2.75, 3.05) is 14.2 Å². The Hall–Kier alpha value is -2.59. The maximum absolute atomic E-state index is 12.9. The zero-order valence-corrected chi connectivity index (χ0v) is 15.6. The van der Waals surface area contributed by atoms with E-state index in [4.69, 9.17) is 14.2 Å². The van der Waals surface area contributed by atoms with E-state index in [1.54, 1.807) is 7.11 Å². The molecule has 0 spiro atoms. The summed E-state index contributed by atoms with van der Waals surface area (Å²) in [7, 11) is 3.19. The van der Waals surface area contributed by atoms with Crippen LogP contribution in [0.2, 0.25) is 0 Å². The molecule has 2 aromatic carbocycles. The number of ether oxygens (including phenoxy) is 3. The van der Waals surface area contributed by atoms with Gasteiger partial charge in [0, 0.05) is 24.5 Å². The van der Waals surface area contributed by atoms with Gasteiger partial charge in [0.2, 0.25) is 0 Å². The largest absolute Gasteiger partial charge is 0.488 e. The second-order valence-corrected chi connectivity index (χ2v) is 7.61. The molecule has 1 saturated carbocycles. The van der Waals surface area contributed by atoms with E-state index in [9.17, 15) is 4.79 Å². The molecule has 0 saturated heterocycles. The number of carbonyl (C=O) groups excluding carboxylic acids is 1. The highest BCUT2D eigenvalue weighted by molar-refractivity contribution is 5.92. The van der Waals surface area contributed by atoms with Crippen LogP contribution in [0.4, 0.5) is 0 Å². The number of carbonyl (C=O) groups is 1. The van der Waals surface area contributed by atoms with Crippen molar-refractivity contribution in [2.45, 2.75) is 25.0 Å². The molecule has 4 heteroatoms. The molecule has 27 heavy (non-hydrogen) atoms. The van der Waals surface area contributed by atoms with Crippen LogP contribution in [0, 0.1) is 11.3 Å². The van der Waals surface area contributed by atoms with Crippen LogP contribution in [-0.2, 0) is 14.3 Å². The number of hydrogen-bond donors (Lipinski definition) is 0. The van der Waals surface area contributed by atoms with E-state index in [0.29, 0.717) is 0 Å². The lowest BCUT2D eigenvalue weighted by Gasteiger charge is -2.19. The van der Waals surface area contributed by atoms with E-state index in [1.165, 1.54) is 12.7 Å². The van der Waals surface area contributed by atoms with Gasteiger partial charge in [0.25, 0.3) is 0 Å². The Morgan fingerprint density at radius 3 is 2.52 bits per heavy atom. The van der Waals surface area contributed by atoms with E-state index in [1.807, 2.05) is 36.4 Å². The standard InChI is InChI=1S/C23H22O4/c1-13-17(14-8-4-5-9-15(14)20(13)25-2)12-23(22(24)26-3)19-16-10-6-7-11-18(16)27-21(19)23/h4-13,19-21H,1-3H3. The summed E-state index contributed by atoms with van der Waals surface area (Å²) in [6, 6.07) is 16.2. The summed E-state index contributed by atoms with van der Waals surface area (Å²) in [6.45, 7) is 2.15. The molecular weight excluding hydrogens is 340 g/mol. The molecular formula is C23H22O4. The van der Waals surface area contributed by atoms with Crippen molar-refractivity contribution in [3.63, 3.8) is 0 Å². The first-order valence-electron chi connectivity index (χ1n) is 9.32. The molecule has 2 aliphatic carbocycles. The summed E-state index contributed by atoms with van der Waals surface area (Å²) in [4.78, 5) is 12.9. The summed E-state index contributed by atoms with van der Waals surface area (Å²) < 4.78 is 17.1. The third-order valence-electron chi connectivity index (χ3n) is 6.40. The molecule has 1 aliphatic heterocycles. The first-order valence-corrected chi connectivity index (χ1v) is 9.32. The Kier molecular flexibility index (Phi) is 3.50. The van der Waals surface area contributed by atoms with Crippen molar-refractivity contribution in [1.82, 2.24) is 0 Å². The van der Waals surface area contributed by atoms with Gasteiger partial charge in [0.1, 0.15) is 17.3 Å². The molecule has 5 rings (SSSR count). The van der Waals surface area contributed by atoms with Gasteiger partial charge in [-0.15, -0.1) is 0 Å². The van der Waals surface area contributed by atoms with E-state index in [-0.39, 0.29) is 30.0 Å². The summed E-state index contributed by atoms with van der Waals surface area (Å²) >= 11 is 0. The quantitative estimate of drug-likeness (QED) is 0.771. The fraction of sp³-hybridized carbons (Fsp3) is 0.348. The van der Waals surface area contributed by atoms with Gasteiger partial charge in [0.15, 0.2) is 0 Å². The lowest BCUT2D eigenvalue weighted by molar-refractivity contribution is -0.146. The van der Waals surface area contributed by atoms with Crippen LogP contribution in [0.1, 0.15) is 35.6 Å². The van der Waals surface area contributed by atoms with Crippen molar-refractivity contribution < 1.29 is 19.0 Å². The molecule has 3 aliphatic rings. The Morgan fingerprint density at radius 1 is 1.07 bits per heavy atom. The third kappa shape index (κ3) is 2.05. The van der Waals surface area contributed by atoms with E-state index >= 15 is 0 Å². The maximum Gasteiger partial charge on any atom is 0.320 e. The Labute approximate surface area is 158 Å². The lowest BCUT2D eigenvalue weighted by Crippen LogP contribution is -2.24. The average molecular weight is 362 g/mol. The first-order chi connectivity index (χ1) is 13.1. The fourth-order valence-corrected chi connectivity index (χ4v) is 5.08. The highest BCUT2D eigenvalue weighted by atomic mass is 16.5. The van der Waals surface area contributed by atoms with Crippen LogP contribution in [0.25, 0.3) is 5.57 Å². The van der Waals surface area contributed by atoms with E-state index < -0.39 is 5.41 Å². The van der Waals surface area contributed by atoms with Crippen molar-refractivity contribution in [2.24, 2.45) is 11.3 Å². The van der Waals surface area contributed by atoms with Gasteiger partial charge in [-0.25, -0.2) is 0 Å². The van der Waals surface area contributed by atoms with Gasteiger partial charge < -0.3 is 14.2 Å². The second-order valence-electron chi connectivity index (χ2n) is 7.61. The Morgan fingerprint density at radius 2 is 1.78 bits per heavy atom. The molecule has 5 atom stereocenters. The molecule has 1 fully saturated rings. The van der Waals surface area contributed by atoms with Crippen LogP contribution >= 0.6 is 0 Å². The number of esters is 1. The first kappa shape index (κ1) is 16.6. The SMILES string of the molecule is COC(=O)C1(C=C2c3ccccc3C(OC)C2C)C2Oc3ccccc3C21. The molecule has 0 aromatic heterocycles. The molecule has 1 heterocycles. The zero-order chi connectivity index (χ0) is 18.8. The summed E-state index contributed by atoms with van der Waals surface area (Å²) in [5.74, 6) is 0.810. The van der Waals surface area contributed by atoms with Crippen LogP contribution in [0.3, 0.4) is 0 Å². The summed E-state index contributed by atoms with van der Waals surface area (Å²) in [5.41, 5.74) is 3.79. The summed E-state index contributed by atoms with van der Waals surface area (Å²) in [6.07, 6.45) is 1.90. The van der Waals surface area contributed by atoms with Gasteiger partial charge in [-0.1, -0.05) is 55.5 Å².